The van der Waals surface area contributed by atoms with Gasteiger partial charge in [0.05, 0.1) is 17.1 Å². The first-order valence-electron chi connectivity index (χ1n) is 10.8. The van der Waals surface area contributed by atoms with Crippen molar-refractivity contribution in [2.45, 2.75) is 47.2 Å². The summed E-state index contributed by atoms with van der Waals surface area (Å²) in [4.78, 5) is 15.1. The van der Waals surface area contributed by atoms with Crippen molar-refractivity contribution < 1.29 is 4.39 Å². The number of pyridine rings is 1. The van der Waals surface area contributed by atoms with Crippen molar-refractivity contribution in [3.05, 3.63) is 87.1 Å². The largest absolute Gasteiger partial charge is 0.394 e. The van der Waals surface area contributed by atoms with E-state index in [9.17, 15) is 9.18 Å². The van der Waals surface area contributed by atoms with E-state index in [1.807, 2.05) is 45.0 Å². The minimum absolute atomic E-state index is 0.0994. The van der Waals surface area contributed by atoms with Crippen LogP contribution in [0.25, 0.3) is 0 Å². The van der Waals surface area contributed by atoms with Crippen LogP contribution in [0.1, 0.15) is 38.3 Å². The van der Waals surface area contributed by atoms with Crippen LogP contribution in [0.2, 0.25) is 0 Å². The van der Waals surface area contributed by atoms with Gasteiger partial charge in [0, 0.05) is 25.2 Å². The molecule has 164 valence electrons. The number of nitrogens with zero attached hydrogens (tertiary/aromatic N) is 2. The molecule has 4 rings (SSSR count). The zero-order valence-electron chi connectivity index (χ0n) is 18.7. The molecule has 31 heavy (non-hydrogen) atoms. The van der Waals surface area contributed by atoms with E-state index in [0.29, 0.717) is 54.5 Å². The first kappa shape index (κ1) is 22.4. The van der Waals surface area contributed by atoms with E-state index in [1.54, 1.807) is 17.6 Å². The minimum atomic E-state index is -0.348. The number of anilines is 3. The lowest BCUT2D eigenvalue weighted by atomic mass is 10.1. The Labute approximate surface area is 183 Å². The quantitative estimate of drug-likeness (QED) is 0.703. The summed E-state index contributed by atoms with van der Waals surface area (Å²) in [6.07, 6.45) is 5.66. The van der Waals surface area contributed by atoms with Gasteiger partial charge in [0.25, 0.3) is 5.56 Å². The van der Waals surface area contributed by atoms with E-state index in [-0.39, 0.29) is 11.4 Å². The van der Waals surface area contributed by atoms with Crippen molar-refractivity contribution in [1.29, 1.82) is 0 Å². The topological polar surface area (TPSA) is 63.3 Å². The minimum Gasteiger partial charge on any atom is -0.394 e. The number of nitrogens with one attached hydrogen (secondary N) is 1. The van der Waals surface area contributed by atoms with E-state index >= 15 is 0 Å². The molecule has 1 aromatic carbocycles. The maximum Gasteiger partial charge on any atom is 0.257 e. The van der Waals surface area contributed by atoms with Gasteiger partial charge in [-0.25, -0.2) is 4.39 Å². The maximum absolute atomic E-state index is 14.5. The molecule has 2 heterocycles. The summed E-state index contributed by atoms with van der Waals surface area (Å²) in [5.41, 5.74) is 10.4. The predicted octanol–water partition coefficient (Wildman–Crippen LogP) is 5.28. The second-order valence-corrected chi connectivity index (χ2v) is 7.58. The number of aromatic nitrogens is 1. The van der Waals surface area contributed by atoms with E-state index < -0.39 is 0 Å². The fourth-order valence-electron chi connectivity index (χ4n) is 3.83. The molecule has 0 atom stereocenters. The molecule has 0 bridgehead atoms. The Hall–Kier alpha value is -3.28. The number of fused-ring (bicyclic) bond motifs is 1. The number of hydrogen-bond donors (Lipinski definition) is 2. The maximum atomic E-state index is 14.5. The van der Waals surface area contributed by atoms with Crippen molar-refractivity contribution in [3.63, 3.8) is 0 Å². The summed E-state index contributed by atoms with van der Waals surface area (Å²) in [6, 6.07) is 10.1. The molecule has 0 saturated heterocycles. The van der Waals surface area contributed by atoms with Crippen LogP contribution in [0.4, 0.5) is 21.6 Å². The highest BCUT2D eigenvalue weighted by molar-refractivity contribution is 5.83. The standard InChI is InChI=1S/C23H25FN4O.C2H6/c1-15-8-10-18(24)19(11-9-15)26-21-16(2)23(29)28-13-12-27(22(28)20(21)25)14-17-6-4-3-5-7-17;1-2/h3-7,9-11,26H,8,12-14,25H2,1-2H3;1-2H3. The van der Waals surface area contributed by atoms with E-state index in [4.69, 9.17) is 5.73 Å². The van der Waals surface area contributed by atoms with Gasteiger partial charge in [-0.1, -0.05) is 55.8 Å². The summed E-state index contributed by atoms with van der Waals surface area (Å²) in [6.45, 7) is 9.63. The predicted molar refractivity (Wildman–Crippen MR) is 128 cm³/mol. The molecule has 1 aliphatic heterocycles. The number of nitrogen functional groups attached to an aromatic ring is 1. The Morgan fingerprint density at radius 3 is 2.52 bits per heavy atom. The third-order valence-corrected chi connectivity index (χ3v) is 5.47. The van der Waals surface area contributed by atoms with Crippen molar-refractivity contribution in [3.8, 4) is 0 Å². The fraction of sp³-hybridized carbons (Fsp3) is 0.320. The Kier molecular flexibility index (Phi) is 7.00. The van der Waals surface area contributed by atoms with E-state index in [1.165, 1.54) is 6.08 Å². The van der Waals surface area contributed by atoms with Crippen LogP contribution in [0.5, 0.6) is 0 Å². The second-order valence-electron chi connectivity index (χ2n) is 7.58. The average Bonchev–Trinajstić information content (AvgIpc) is 3.14. The lowest BCUT2D eigenvalue weighted by Crippen LogP contribution is -2.26. The molecule has 3 N–H and O–H groups in total. The van der Waals surface area contributed by atoms with Gasteiger partial charge in [0.2, 0.25) is 0 Å². The summed E-state index contributed by atoms with van der Waals surface area (Å²) < 4.78 is 16.3. The average molecular weight is 423 g/mol. The molecule has 0 radical (unpaired) electrons. The van der Waals surface area contributed by atoms with Gasteiger partial charge in [-0.15, -0.1) is 0 Å². The summed E-state index contributed by atoms with van der Waals surface area (Å²) in [5.74, 6) is 0.343. The van der Waals surface area contributed by atoms with E-state index in [2.05, 4.69) is 22.3 Å². The first-order valence-corrected chi connectivity index (χ1v) is 10.8. The van der Waals surface area contributed by atoms with Gasteiger partial charge in [0.15, 0.2) is 0 Å². The van der Waals surface area contributed by atoms with Crippen molar-refractivity contribution >= 4 is 17.2 Å². The zero-order chi connectivity index (χ0) is 22.5. The smallest absolute Gasteiger partial charge is 0.257 e. The Bertz CT molecular complexity index is 1100. The highest BCUT2D eigenvalue weighted by Gasteiger charge is 2.27. The molecule has 1 aliphatic carbocycles. The van der Waals surface area contributed by atoms with Gasteiger partial charge in [-0.05, 0) is 38.0 Å². The van der Waals surface area contributed by atoms with Crippen LogP contribution in [0.15, 0.2) is 70.5 Å². The summed E-state index contributed by atoms with van der Waals surface area (Å²) in [5, 5.41) is 3.09. The van der Waals surface area contributed by atoms with E-state index in [0.717, 1.165) is 11.1 Å². The fourth-order valence-corrected chi connectivity index (χ4v) is 3.83. The van der Waals surface area contributed by atoms with Crippen LogP contribution in [0, 0.1) is 6.92 Å². The number of rotatable bonds is 4. The van der Waals surface area contributed by atoms with Gasteiger partial charge < -0.3 is 16.0 Å². The first-order chi connectivity index (χ1) is 15.0. The lowest BCUT2D eigenvalue weighted by molar-refractivity contribution is 0.649. The van der Waals surface area contributed by atoms with Crippen LogP contribution in [-0.4, -0.2) is 11.1 Å². The molecule has 0 amide bonds. The second kappa shape index (κ2) is 9.69. The molecule has 0 fully saturated rings. The molecule has 6 heteroatoms. The van der Waals surface area contributed by atoms with Crippen LogP contribution in [0.3, 0.4) is 0 Å². The third-order valence-electron chi connectivity index (χ3n) is 5.47. The molecule has 0 unspecified atom stereocenters. The number of hydrogen-bond acceptors (Lipinski definition) is 4. The van der Waals surface area contributed by atoms with Gasteiger partial charge >= 0.3 is 0 Å². The highest BCUT2D eigenvalue weighted by Crippen LogP contribution is 2.36. The Morgan fingerprint density at radius 1 is 1.10 bits per heavy atom. The van der Waals surface area contributed by atoms with Gasteiger partial charge in [0.1, 0.15) is 11.6 Å². The van der Waals surface area contributed by atoms with Crippen molar-refractivity contribution in [2.75, 3.05) is 22.5 Å². The Morgan fingerprint density at radius 2 is 1.81 bits per heavy atom. The normalized spacial score (nSPS) is 15.1. The molecule has 0 spiro atoms. The summed E-state index contributed by atoms with van der Waals surface area (Å²) >= 11 is 0. The lowest BCUT2D eigenvalue weighted by Gasteiger charge is -2.23. The molecule has 5 nitrogen and oxygen atoms in total. The van der Waals surface area contributed by atoms with Crippen LogP contribution >= 0.6 is 0 Å². The Balaban J connectivity index is 0.00000132. The molecular weight excluding hydrogens is 391 g/mol. The molecule has 0 saturated carbocycles. The van der Waals surface area contributed by atoms with Crippen molar-refractivity contribution in [2.24, 2.45) is 0 Å². The SMILES string of the molecule is CC.CC1=CC=C(Nc2c(N)c3n(c(=O)c2C)CCN3Cc2ccccc2)C(F)=CC1. The van der Waals surface area contributed by atoms with Gasteiger partial charge in [-0.3, -0.25) is 9.36 Å². The summed E-state index contributed by atoms with van der Waals surface area (Å²) in [7, 11) is 0. The molecular formula is C25H31FN4O. The highest BCUT2D eigenvalue weighted by atomic mass is 19.1. The van der Waals surface area contributed by atoms with Crippen LogP contribution < -0.4 is 21.5 Å². The third kappa shape index (κ3) is 4.58. The molecule has 2 aliphatic rings. The number of nitrogens with two attached hydrogens (primary N) is 1. The van der Waals surface area contributed by atoms with Crippen LogP contribution in [-0.2, 0) is 13.1 Å². The van der Waals surface area contributed by atoms with Crippen molar-refractivity contribution in [1.82, 2.24) is 4.57 Å². The zero-order valence-corrected chi connectivity index (χ0v) is 18.7. The molecule has 2 aromatic rings. The molecule has 1 aromatic heterocycles. The van der Waals surface area contributed by atoms with Gasteiger partial charge in [-0.2, -0.15) is 0 Å². The number of halogens is 1. The number of allylic oxidation sites excluding steroid dienone is 5. The monoisotopic (exact) mass is 422 g/mol. The number of benzene rings is 1.